The van der Waals surface area contributed by atoms with E-state index >= 15 is 0 Å². The first-order valence-electron chi connectivity index (χ1n) is 10.4. The second kappa shape index (κ2) is 8.22. The second-order valence-electron chi connectivity index (χ2n) is 8.19. The molecule has 0 atom stereocenters. The quantitative estimate of drug-likeness (QED) is 0.593. The Balaban J connectivity index is 1.36. The Hall–Kier alpha value is -1.67. The maximum Gasteiger partial charge on any atom is 0.138 e. The molecule has 1 fully saturated rings. The minimum absolute atomic E-state index is 0.103. The molecule has 1 saturated carbocycles. The third-order valence-corrected chi connectivity index (χ3v) is 8.33. The van der Waals surface area contributed by atoms with Crippen molar-refractivity contribution < 1.29 is 9.90 Å². The van der Waals surface area contributed by atoms with Crippen LogP contribution >= 0.6 is 22.7 Å². The van der Waals surface area contributed by atoms with Crippen molar-refractivity contribution in [3.05, 3.63) is 33.8 Å². The van der Waals surface area contributed by atoms with Crippen LogP contribution in [0.2, 0.25) is 0 Å². The number of aliphatic hydroxyl groups is 1. The number of aromatic nitrogens is 2. The number of carbonyl (C=O) groups is 1. The van der Waals surface area contributed by atoms with Crippen LogP contribution in [0.1, 0.15) is 47.4 Å². The molecule has 7 heteroatoms. The number of fused-ring (bicyclic) bond motifs is 2. The van der Waals surface area contributed by atoms with Crippen molar-refractivity contribution >= 4 is 38.7 Å². The molecular weight excluding hydrogens is 402 g/mol. The first-order chi connectivity index (χ1) is 14.2. The Kier molecular flexibility index (Phi) is 5.47. The molecule has 0 saturated heterocycles. The number of ketones is 1. The number of nitrogens with one attached hydrogen (secondary N) is 1. The molecule has 3 aromatic heterocycles. The third kappa shape index (κ3) is 4.01. The largest absolute Gasteiger partial charge is 0.393 e. The summed E-state index contributed by atoms with van der Waals surface area (Å²) in [5, 5.41) is 13.9. The predicted molar refractivity (Wildman–Crippen MR) is 117 cm³/mol. The van der Waals surface area contributed by atoms with Gasteiger partial charge in [0.1, 0.15) is 16.3 Å². The number of pyridine rings is 1. The van der Waals surface area contributed by atoms with E-state index in [-0.39, 0.29) is 6.10 Å². The zero-order valence-electron chi connectivity index (χ0n) is 16.3. The average Bonchev–Trinajstić information content (AvgIpc) is 3.26. The molecule has 4 heterocycles. The maximum absolute atomic E-state index is 12.7. The highest BCUT2D eigenvalue weighted by atomic mass is 32.1. The standard InChI is InChI=1S/C22H25N3O2S2/c26-14(3-1-2-13-8-15(27)9-13)10-19-21(16-4-6-24-12-20(16)28-19)22-25-17-11-23-7-5-18(17)29-22/h5,7,11,13,15,24,27H,1-4,6,8-10,12H2. The Morgan fingerprint density at radius 1 is 1.31 bits per heavy atom. The first-order valence-corrected chi connectivity index (χ1v) is 12.1. The van der Waals surface area contributed by atoms with Gasteiger partial charge in [0.25, 0.3) is 0 Å². The van der Waals surface area contributed by atoms with Crippen molar-refractivity contribution in [3.63, 3.8) is 0 Å². The number of rotatable bonds is 7. The fourth-order valence-electron chi connectivity index (χ4n) is 4.44. The fourth-order valence-corrected chi connectivity index (χ4v) is 6.89. The lowest BCUT2D eigenvalue weighted by molar-refractivity contribution is -0.118. The molecule has 0 spiro atoms. The molecule has 5 nitrogen and oxygen atoms in total. The van der Waals surface area contributed by atoms with Crippen LogP contribution in [-0.2, 0) is 24.2 Å². The minimum atomic E-state index is -0.103. The monoisotopic (exact) mass is 427 g/mol. The molecule has 29 heavy (non-hydrogen) atoms. The summed E-state index contributed by atoms with van der Waals surface area (Å²) in [5.41, 5.74) is 3.52. The molecule has 152 valence electrons. The highest BCUT2D eigenvalue weighted by Gasteiger charge is 2.27. The van der Waals surface area contributed by atoms with E-state index in [1.165, 1.54) is 20.9 Å². The third-order valence-electron chi connectivity index (χ3n) is 6.04. The van der Waals surface area contributed by atoms with Crippen LogP contribution < -0.4 is 5.32 Å². The summed E-state index contributed by atoms with van der Waals surface area (Å²) in [6.07, 6.45) is 9.48. The minimum Gasteiger partial charge on any atom is -0.393 e. The van der Waals surface area contributed by atoms with Crippen molar-refractivity contribution in [3.8, 4) is 10.6 Å². The van der Waals surface area contributed by atoms with Gasteiger partial charge in [0.05, 0.1) is 17.0 Å². The van der Waals surface area contributed by atoms with E-state index in [0.29, 0.717) is 24.5 Å². The van der Waals surface area contributed by atoms with Gasteiger partial charge in [0, 0.05) is 40.9 Å². The van der Waals surface area contributed by atoms with E-state index < -0.39 is 0 Å². The van der Waals surface area contributed by atoms with Crippen LogP contribution in [0, 0.1) is 5.92 Å². The van der Waals surface area contributed by atoms with Gasteiger partial charge in [-0.3, -0.25) is 9.78 Å². The normalized spacial score (nSPS) is 21.1. The van der Waals surface area contributed by atoms with E-state index in [1.54, 1.807) is 22.7 Å². The van der Waals surface area contributed by atoms with E-state index in [2.05, 4.69) is 10.3 Å². The SMILES string of the molecule is O=C(CCCC1CC(O)C1)Cc1sc2c(c1-c1nc3cnccc3s1)CCNC2. The lowest BCUT2D eigenvalue weighted by atomic mass is 9.79. The zero-order valence-corrected chi connectivity index (χ0v) is 18.0. The van der Waals surface area contributed by atoms with Crippen LogP contribution in [0.15, 0.2) is 18.5 Å². The molecule has 1 aliphatic heterocycles. The highest BCUT2D eigenvalue weighted by Crippen LogP contribution is 2.42. The first kappa shape index (κ1) is 19.3. The van der Waals surface area contributed by atoms with Crippen molar-refractivity contribution in [1.82, 2.24) is 15.3 Å². The van der Waals surface area contributed by atoms with Crippen LogP contribution in [0.4, 0.5) is 0 Å². The lowest BCUT2D eigenvalue weighted by Gasteiger charge is -2.31. The molecule has 2 N–H and O–H groups in total. The number of nitrogens with zero attached hydrogens (tertiary/aromatic N) is 2. The lowest BCUT2D eigenvalue weighted by Crippen LogP contribution is -2.28. The molecular formula is C22H25N3O2S2. The molecule has 0 bridgehead atoms. The van der Waals surface area contributed by atoms with Gasteiger partial charge in [-0.05, 0) is 56.2 Å². The molecule has 5 rings (SSSR count). The van der Waals surface area contributed by atoms with Gasteiger partial charge >= 0.3 is 0 Å². The van der Waals surface area contributed by atoms with Gasteiger partial charge in [-0.15, -0.1) is 22.7 Å². The van der Waals surface area contributed by atoms with Crippen LogP contribution in [0.5, 0.6) is 0 Å². The van der Waals surface area contributed by atoms with Gasteiger partial charge in [0.15, 0.2) is 0 Å². The summed E-state index contributed by atoms with van der Waals surface area (Å²) in [6, 6.07) is 2.01. The smallest absolute Gasteiger partial charge is 0.138 e. The number of aliphatic hydroxyl groups excluding tert-OH is 1. The molecule has 0 radical (unpaired) electrons. The topological polar surface area (TPSA) is 75.1 Å². The molecule has 2 aliphatic rings. The van der Waals surface area contributed by atoms with E-state index in [4.69, 9.17) is 4.98 Å². The summed E-state index contributed by atoms with van der Waals surface area (Å²) in [5.74, 6) is 0.935. The molecule has 3 aromatic rings. The zero-order chi connectivity index (χ0) is 19.8. The summed E-state index contributed by atoms with van der Waals surface area (Å²) < 4.78 is 1.14. The number of thiazole rings is 1. The van der Waals surface area contributed by atoms with Crippen molar-refractivity contribution in [2.45, 2.75) is 57.6 Å². The van der Waals surface area contributed by atoms with Gasteiger partial charge in [0.2, 0.25) is 0 Å². The van der Waals surface area contributed by atoms with Crippen molar-refractivity contribution in [2.24, 2.45) is 5.92 Å². The van der Waals surface area contributed by atoms with E-state index in [1.807, 2.05) is 18.5 Å². The number of thiophene rings is 1. The summed E-state index contributed by atoms with van der Waals surface area (Å²) in [7, 11) is 0. The van der Waals surface area contributed by atoms with Gasteiger partial charge in [-0.2, -0.15) is 0 Å². The highest BCUT2D eigenvalue weighted by molar-refractivity contribution is 7.22. The molecule has 0 amide bonds. The van der Waals surface area contributed by atoms with Crippen LogP contribution in [0.25, 0.3) is 20.8 Å². The molecule has 0 unspecified atom stereocenters. The second-order valence-corrected chi connectivity index (χ2v) is 10.4. The number of hydrogen-bond acceptors (Lipinski definition) is 7. The Labute approximate surface area is 178 Å². The van der Waals surface area contributed by atoms with Crippen molar-refractivity contribution in [2.75, 3.05) is 6.54 Å². The fraction of sp³-hybridized carbons (Fsp3) is 0.500. The van der Waals surface area contributed by atoms with Gasteiger partial charge < -0.3 is 10.4 Å². The predicted octanol–water partition coefficient (Wildman–Crippen LogP) is 4.12. The summed E-state index contributed by atoms with van der Waals surface area (Å²) >= 11 is 3.49. The molecule has 0 aromatic carbocycles. The van der Waals surface area contributed by atoms with Gasteiger partial charge in [-0.1, -0.05) is 0 Å². The maximum atomic E-state index is 12.7. The summed E-state index contributed by atoms with van der Waals surface area (Å²) in [4.78, 5) is 24.3. The Morgan fingerprint density at radius 3 is 3.03 bits per heavy atom. The van der Waals surface area contributed by atoms with Crippen molar-refractivity contribution in [1.29, 1.82) is 0 Å². The van der Waals surface area contributed by atoms with E-state index in [9.17, 15) is 9.90 Å². The van der Waals surface area contributed by atoms with Gasteiger partial charge in [-0.25, -0.2) is 4.98 Å². The average molecular weight is 428 g/mol. The number of carbonyl (C=O) groups excluding carboxylic acids is 1. The number of Topliss-reactive ketones (excluding diaryl/α,β-unsaturated/α-hetero) is 1. The van der Waals surface area contributed by atoms with Crippen LogP contribution in [0.3, 0.4) is 0 Å². The Morgan fingerprint density at radius 2 is 2.21 bits per heavy atom. The Bertz CT molecular complexity index is 1000. The van der Waals surface area contributed by atoms with Crippen LogP contribution in [-0.4, -0.2) is 33.5 Å². The van der Waals surface area contributed by atoms with E-state index in [0.717, 1.165) is 60.4 Å². The summed E-state index contributed by atoms with van der Waals surface area (Å²) in [6.45, 7) is 1.86. The number of hydrogen-bond donors (Lipinski definition) is 2. The molecule has 1 aliphatic carbocycles.